The summed E-state index contributed by atoms with van der Waals surface area (Å²) in [6.45, 7) is 2.03. The summed E-state index contributed by atoms with van der Waals surface area (Å²) < 4.78 is 5.77. The molecular formula is C17H20BrNO2. The second-order valence-corrected chi connectivity index (χ2v) is 6.26. The first kappa shape index (κ1) is 16.0. The Labute approximate surface area is 133 Å². The molecule has 4 heteroatoms. The van der Waals surface area contributed by atoms with Crippen molar-refractivity contribution in [3.05, 3.63) is 46.4 Å². The van der Waals surface area contributed by atoms with Gasteiger partial charge in [0.05, 0.1) is 7.11 Å². The first-order valence-electron chi connectivity index (χ1n) is 7.02. The molecule has 3 nitrogen and oxygen atoms in total. The number of carbonyl (C=O) groups excluding carboxylic acids is 1. The van der Waals surface area contributed by atoms with Crippen LogP contribution in [0.5, 0.6) is 0 Å². The standard InChI is InChI=1S/C17H20BrNO2/c1-11(10-17(20)21-2)9-16(19)14-7-8-15(18)13-6-4-3-5-12(13)14/h3-8,11,16H,9-10,19H2,1-2H3. The molecule has 0 bridgehead atoms. The lowest BCUT2D eigenvalue weighted by Crippen LogP contribution is -2.17. The minimum Gasteiger partial charge on any atom is -0.469 e. The maximum Gasteiger partial charge on any atom is 0.305 e. The van der Waals surface area contributed by atoms with Gasteiger partial charge in [-0.2, -0.15) is 0 Å². The highest BCUT2D eigenvalue weighted by atomic mass is 79.9. The normalized spacial score (nSPS) is 13.9. The van der Waals surface area contributed by atoms with E-state index in [1.165, 1.54) is 7.11 Å². The molecule has 0 saturated heterocycles. The molecule has 112 valence electrons. The van der Waals surface area contributed by atoms with E-state index in [0.29, 0.717) is 6.42 Å². The van der Waals surface area contributed by atoms with Gasteiger partial charge in [-0.15, -0.1) is 0 Å². The van der Waals surface area contributed by atoms with E-state index in [-0.39, 0.29) is 17.9 Å². The molecule has 2 aromatic rings. The number of hydrogen-bond donors (Lipinski definition) is 1. The average molecular weight is 350 g/mol. The summed E-state index contributed by atoms with van der Waals surface area (Å²) in [6, 6.07) is 12.2. The minimum absolute atomic E-state index is 0.0948. The quantitative estimate of drug-likeness (QED) is 0.823. The van der Waals surface area contributed by atoms with Gasteiger partial charge in [-0.25, -0.2) is 0 Å². The van der Waals surface area contributed by atoms with Crippen molar-refractivity contribution < 1.29 is 9.53 Å². The summed E-state index contributed by atoms with van der Waals surface area (Å²) in [5, 5.41) is 2.32. The van der Waals surface area contributed by atoms with Crippen LogP contribution >= 0.6 is 15.9 Å². The van der Waals surface area contributed by atoms with Crippen LogP contribution in [0.15, 0.2) is 40.9 Å². The molecule has 0 amide bonds. The Morgan fingerprint density at radius 3 is 2.57 bits per heavy atom. The van der Waals surface area contributed by atoms with Gasteiger partial charge >= 0.3 is 5.97 Å². The Bertz CT molecular complexity index is 642. The van der Waals surface area contributed by atoms with Gasteiger partial charge in [0.15, 0.2) is 0 Å². The first-order valence-corrected chi connectivity index (χ1v) is 7.81. The fraction of sp³-hybridized carbons (Fsp3) is 0.353. The summed E-state index contributed by atoms with van der Waals surface area (Å²) in [4.78, 5) is 11.3. The van der Waals surface area contributed by atoms with Gasteiger partial charge in [0.2, 0.25) is 0 Å². The Hall–Kier alpha value is -1.39. The molecule has 0 heterocycles. The van der Waals surface area contributed by atoms with Crippen molar-refractivity contribution in [2.24, 2.45) is 11.7 Å². The van der Waals surface area contributed by atoms with E-state index in [4.69, 9.17) is 10.5 Å². The van der Waals surface area contributed by atoms with Crippen LogP contribution in [-0.4, -0.2) is 13.1 Å². The van der Waals surface area contributed by atoms with Gasteiger partial charge in [-0.05, 0) is 34.7 Å². The molecule has 0 aliphatic heterocycles. The van der Waals surface area contributed by atoms with Gasteiger partial charge in [-0.3, -0.25) is 4.79 Å². The maximum absolute atomic E-state index is 11.3. The summed E-state index contributed by atoms with van der Waals surface area (Å²) in [5.74, 6) is 0.00484. The highest BCUT2D eigenvalue weighted by Crippen LogP contribution is 2.32. The van der Waals surface area contributed by atoms with Crippen molar-refractivity contribution >= 4 is 32.7 Å². The highest BCUT2D eigenvalue weighted by molar-refractivity contribution is 9.10. The fourth-order valence-electron chi connectivity index (χ4n) is 2.62. The van der Waals surface area contributed by atoms with Gasteiger partial charge in [0, 0.05) is 16.9 Å². The molecule has 0 aliphatic rings. The van der Waals surface area contributed by atoms with Crippen LogP contribution < -0.4 is 5.73 Å². The number of rotatable bonds is 5. The molecule has 0 aromatic heterocycles. The Kier molecular flexibility index (Phi) is 5.37. The summed E-state index contributed by atoms with van der Waals surface area (Å²) in [7, 11) is 1.41. The van der Waals surface area contributed by atoms with E-state index >= 15 is 0 Å². The number of ether oxygens (including phenoxy) is 1. The molecule has 0 aliphatic carbocycles. The monoisotopic (exact) mass is 349 g/mol. The van der Waals surface area contributed by atoms with E-state index in [1.54, 1.807) is 0 Å². The second-order valence-electron chi connectivity index (χ2n) is 5.41. The molecule has 2 atom stereocenters. The summed E-state index contributed by atoms with van der Waals surface area (Å²) >= 11 is 3.57. The van der Waals surface area contributed by atoms with Crippen LogP contribution in [0.4, 0.5) is 0 Å². The van der Waals surface area contributed by atoms with E-state index in [9.17, 15) is 4.79 Å². The zero-order chi connectivity index (χ0) is 15.4. The number of methoxy groups -OCH3 is 1. The van der Waals surface area contributed by atoms with E-state index in [2.05, 4.69) is 34.1 Å². The number of esters is 1. The lowest BCUT2D eigenvalue weighted by molar-refractivity contribution is -0.141. The SMILES string of the molecule is COC(=O)CC(C)CC(N)c1ccc(Br)c2ccccc12. The van der Waals surface area contributed by atoms with Crippen LogP contribution in [0, 0.1) is 5.92 Å². The molecule has 0 saturated carbocycles. The number of halogens is 1. The van der Waals surface area contributed by atoms with Crippen molar-refractivity contribution in [2.75, 3.05) is 7.11 Å². The third kappa shape index (κ3) is 3.83. The van der Waals surface area contributed by atoms with Crippen LogP contribution in [0.25, 0.3) is 10.8 Å². The zero-order valence-electron chi connectivity index (χ0n) is 12.3. The number of carbonyl (C=O) groups is 1. The molecule has 2 N–H and O–H groups in total. The number of benzene rings is 2. The molecule has 2 aromatic carbocycles. The third-order valence-electron chi connectivity index (χ3n) is 3.70. The second kappa shape index (κ2) is 7.05. The van der Waals surface area contributed by atoms with Gasteiger partial charge < -0.3 is 10.5 Å². The lowest BCUT2D eigenvalue weighted by atomic mass is 9.91. The predicted octanol–water partition coefficient (Wildman–Crippen LogP) is 4.19. The van der Waals surface area contributed by atoms with Crippen molar-refractivity contribution in [1.29, 1.82) is 0 Å². The smallest absolute Gasteiger partial charge is 0.305 e. The zero-order valence-corrected chi connectivity index (χ0v) is 13.9. The Morgan fingerprint density at radius 2 is 1.90 bits per heavy atom. The molecule has 2 unspecified atom stereocenters. The van der Waals surface area contributed by atoms with E-state index in [0.717, 1.165) is 27.2 Å². The molecule has 0 radical (unpaired) electrons. The summed E-state index contributed by atoms with van der Waals surface area (Å²) in [5.41, 5.74) is 7.48. The first-order chi connectivity index (χ1) is 10.0. The summed E-state index contributed by atoms with van der Waals surface area (Å²) in [6.07, 6.45) is 1.15. The van der Waals surface area contributed by atoms with E-state index < -0.39 is 0 Å². The van der Waals surface area contributed by atoms with Crippen molar-refractivity contribution in [2.45, 2.75) is 25.8 Å². The molecular weight excluding hydrogens is 330 g/mol. The molecule has 0 fully saturated rings. The lowest BCUT2D eigenvalue weighted by Gasteiger charge is -2.19. The predicted molar refractivity (Wildman–Crippen MR) is 89.0 cm³/mol. The third-order valence-corrected chi connectivity index (χ3v) is 4.39. The number of nitrogens with two attached hydrogens (primary N) is 1. The van der Waals surface area contributed by atoms with Crippen molar-refractivity contribution in [3.63, 3.8) is 0 Å². The fourth-order valence-corrected chi connectivity index (χ4v) is 3.10. The van der Waals surface area contributed by atoms with Gasteiger partial charge in [0.1, 0.15) is 0 Å². The maximum atomic E-state index is 11.3. The van der Waals surface area contributed by atoms with Crippen LogP contribution in [0.2, 0.25) is 0 Å². The van der Waals surface area contributed by atoms with Crippen molar-refractivity contribution in [1.82, 2.24) is 0 Å². The molecule has 0 spiro atoms. The van der Waals surface area contributed by atoms with Gasteiger partial charge in [0.25, 0.3) is 0 Å². The van der Waals surface area contributed by atoms with E-state index in [1.807, 2.05) is 25.1 Å². The number of fused-ring (bicyclic) bond motifs is 1. The highest BCUT2D eigenvalue weighted by Gasteiger charge is 2.17. The molecule has 21 heavy (non-hydrogen) atoms. The molecule has 2 rings (SSSR count). The average Bonchev–Trinajstić information content (AvgIpc) is 2.47. The van der Waals surface area contributed by atoms with Crippen molar-refractivity contribution in [3.8, 4) is 0 Å². The number of hydrogen-bond acceptors (Lipinski definition) is 3. The van der Waals surface area contributed by atoms with Crippen LogP contribution in [-0.2, 0) is 9.53 Å². The minimum atomic E-state index is -0.185. The van der Waals surface area contributed by atoms with Crippen LogP contribution in [0.1, 0.15) is 31.4 Å². The van der Waals surface area contributed by atoms with Gasteiger partial charge in [-0.1, -0.05) is 53.2 Å². The largest absolute Gasteiger partial charge is 0.469 e. The van der Waals surface area contributed by atoms with Crippen LogP contribution in [0.3, 0.4) is 0 Å². The Balaban J connectivity index is 2.22. The topological polar surface area (TPSA) is 52.3 Å². The Morgan fingerprint density at radius 1 is 1.24 bits per heavy atom.